The molecule has 0 unspecified atom stereocenters. The smallest absolute Gasteiger partial charge is 0.243 e. The maximum atomic E-state index is 10.8. The molecule has 22 heavy (non-hydrogen) atoms. The molecule has 0 aromatic carbocycles. The standard InChI is InChI=1S/C18H33NO3/c20-17-15-13-11-9-7-5-3-1-2-4-6-8-10-12-14-16-18(21)19-22/h1-2,17,22H,3-16H2,(H,19,21)/b2-1-. The monoisotopic (exact) mass is 311 g/mol. The second-order valence-corrected chi connectivity index (χ2v) is 5.82. The largest absolute Gasteiger partial charge is 0.303 e. The Hall–Kier alpha value is -1.16. The van der Waals surface area contributed by atoms with Crippen LogP contribution in [0.4, 0.5) is 0 Å². The molecule has 0 spiro atoms. The first-order valence-electron chi connectivity index (χ1n) is 8.83. The van der Waals surface area contributed by atoms with Crippen molar-refractivity contribution in [1.29, 1.82) is 0 Å². The molecule has 0 bridgehead atoms. The van der Waals surface area contributed by atoms with Crippen LogP contribution in [0.3, 0.4) is 0 Å². The van der Waals surface area contributed by atoms with Crippen LogP contribution in [0.5, 0.6) is 0 Å². The fourth-order valence-corrected chi connectivity index (χ4v) is 2.39. The van der Waals surface area contributed by atoms with Crippen LogP contribution in [0.15, 0.2) is 12.2 Å². The topological polar surface area (TPSA) is 66.4 Å². The number of hydrogen-bond donors (Lipinski definition) is 2. The van der Waals surface area contributed by atoms with E-state index in [0.717, 1.165) is 38.4 Å². The van der Waals surface area contributed by atoms with E-state index in [1.165, 1.54) is 44.9 Å². The van der Waals surface area contributed by atoms with E-state index in [4.69, 9.17) is 5.21 Å². The van der Waals surface area contributed by atoms with Gasteiger partial charge in [-0.2, -0.15) is 0 Å². The molecule has 4 nitrogen and oxygen atoms in total. The first-order chi connectivity index (χ1) is 10.8. The number of hydrogen-bond acceptors (Lipinski definition) is 3. The van der Waals surface area contributed by atoms with E-state index in [2.05, 4.69) is 12.2 Å². The minimum atomic E-state index is -0.285. The van der Waals surface area contributed by atoms with Gasteiger partial charge in [0, 0.05) is 12.8 Å². The van der Waals surface area contributed by atoms with Crippen LogP contribution in [0.25, 0.3) is 0 Å². The average molecular weight is 311 g/mol. The van der Waals surface area contributed by atoms with Crippen molar-refractivity contribution in [2.24, 2.45) is 0 Å². The molecule has 0 atom stereocenters. The van der Waals surface area contributed by atoms with E-state index in [1.54, 1.807) is 5.48 Å². The van der Waals surface area contributed by atoms with Crippen molar-refractivity contribution >= 4 is 12.2 Å². The fraction of sp³-hybridized carbons (Fsp3) is 0.778. The van der Waals surface area contributed by atoms with Crippen LogP contribution in [-0.4, -0.2) is 17.4 Å². The lowest BCUT2D eigenvalue weighted by Crippen LogP contribution is -2.17. The minimum absolute atomic E-state index is 0.285. The second-order valence-electron chi connectivity index (χ2n) is 5.82. The SMILES string of the molecule is O=CCCCCCCC/C=C\CCCCCCCC(=O)NO. The van der Waals surface area contributed by atoms with Crippen molar-refractivity contribution in [2.45, 2.75) is 89.9 Å². The number of rotatable bonds is 16. The van der Waals surface area contributed by atoms with Crippen molar-refractivity contribution in [1.82, 2.24) is 5.48 Å². The molecule has 2 N–H and O–H groups in total. The molecule has 0 radical (unpaired) electrons. The van der Waals surface area contributed by atoms with Crippen molar-refractivity contribution in [2.75, 3.05) is 0 Å². The van der Waals surface area contributed by atoms with Crippen LogP contribution in [0.2, 0.25) is 0 Å². The van der Waals surface area contributed by atoms with Crippen LogP contribution in [0.1, 0.15) is 89.9 Å². The fourth-order valence-electron chi connectivity index (χ4n) is 2.39. The Balaban J connectivity index is 3.11. The molecule has 0 rings (SSSR count). The molecule has 0 aliphatic rings. The zero-order valence-corrected chi connectivity index (χ0v) is 13.9. The number of carbonyl (C=O) groups excluding carboxylic acids is 2. The summed E-state index contributed by atoms with van der Waals surface area (Å²) in [5.41, 5.74) is 1.66. The van der Waals surface area contributed by atoms with Crippen molar-refractivity contribution < 1.29 is 14.8 Å². The molecular weight excluding hydrogens is 278 g/mol. The number of aldehydes is 1. The molecule has 128 valence electrons. The third-order valence-electron chi connectivity index (χ3n) is 3.76. The van der Waals surface area contributed by atoms with Gasteiger partial charge in [-0.15, -0.1) is 0 Å². The van der Waals surface area contributed by atoms with E-state index in [1.807, 2.05) is 0 Å². The van der Waals surface area contributed by atoms with E-state index >= 15 is 0 Å². The van der Waals surface area contributed by atoms with Crippen molar-refractivity contribution in [3.63, 3.8) is 0 Å². The summed E-state index contributed by atoms with van der Waals surface area (Å²) in [7, 11) is 0. The quantitative estimate of drug-likeness (QED) is 0.143. The Labute approximate surface area is 135 Å². The molecule has 0 aromatic rings. The average Bonchev–Trinajstić information content (AvgIpc) is 2.54. The maximum absolute atomic E-state index is 10.8. The Kier molecular flexibility index (Phi) is 16.9. The highest BCUT2D eigenvalue weighted by Crippen LogP contribution is 2.09. The van der Waals surface area contributed by atoms with Gasteiger partial charge in [0.25, 0.3) is 0 Å². The normalized spacial score (nSPS) is 11.0. The Morgan fingerprint density at radius 3 is 1.68 bits per heavy atom. The molecule has 0 aliphatic heterocycles. The van der Waals surface area contributed by atoms with Crippen LogP contribution < -0.4 is 5.48 Å². The first-order valence-corrected chi connectivity index (χ1v) is 8.83. The first kappa shape index (κ1) is 20.8. The second kappa shape index (κ2) is 17.9. The molecular formula is C18H33NO3. The Morgan fingerprint density at radius 2 is 1.18 bits per heavy atom. The highest BCUT2D eigenvalue weighted by atomic mass is 16.5. The van der Waals surface area contributed by atoms with E-state index in [-0.39, 0.29) is 5.91 Å². The van der Waals surface area contributed by atoms with Crippen LogP contribution >= 0.6 is 0 Å². The van der Waals surface area contributed by atoms with Gasteiger partial charge in [0.05, 0.1) is 0 Å². The summed E-state index contributed by atoms with van der Waals surface area (Å²) in [4.78, 5) is 20.9. The van der Waals surface area contributed by atoms with Gasteiger partial charge in [-0.1, -0.05) is 50.7 Å². The molecule has 0 aliphatic carbocycles. The van der Waals surface area contributed by atoms with Gasteiger partial charge in [0.1, 0.15) is 6.29 Å². The molecule has 4 heteroatoms. The van der Waals surface area contributed by atoms with E-state index in [0.29, 0.717) is 12.8 Å². The molecule has 0 saturated heterocycles. The third kappa shape index (κ3) is 16.9. The summed E-state index contributed by atoms with van der Waals surface area (Å²) >= 11 is 0. The number of hydroxylamine groups is 1. The number of nitrogens with one attached hydrogen (secondary N) is 1. The molecule has 0 fully saturated rings. The molecule has 1 amide bonds. The van der Waals surface area contributed by atoms with Gasteiger partial charge in [-0.25, -0.2) is 5.48 Å². The lowest BCUT2D eigenvalue weighted by atomic mass is 10.1. The predicted octanol–water partition coefficient (Wildman–Crippen LogP) is 4.71. The highest BCUT2D eigenvalue weighted by molar-refractivity contribution is 5.74. The van der Waals surface area contributed by atoms with Gasteiger partial charge >= 0.3 is 0 Å². The number of unbranched alkanes of at least 4 members (excludes halogenated alkanes) is 11. The summed E-state index contributed by atoms with van der Waals surface area (Å²) < 4.78 is 0. The van der Waals surface area contributed by atoms with Gasteiger partial charge in [-0.3, -0.25) is 10.0 Å². The van der Waals surface area contributed by atoms with E-state index < -0.39 is 0 Å². The summed E-state index contributed by atoms with van der Waals surface area (Å²) in [5, 5.41) is 8.34. The zero-order chi connectivity index (χ0) is 16.3. The maximum Gasteiger partial charge on any atom is 0.243 e. The van der Waals surface area contributed by atoms with Crippen molar-refractivity contribution in [3.05, 3.63) is 12.2 Å². The molecule has 0 saturated carbocycles. The number of amides is 1. The number of carbonyl (C=O) groups is 2. The summed E-state index contributed by atoms with van der Waals surface area (Å²) in [6.45, 7) is 0. The summed E-state index contributed by atoms with van der Waals surface area (Å²) in [5.74, 6) is -0.285. The molecule has 0 heterocycles. The van der Waals surface area contributed by atoms with Gasteiger partial charge in [0.2, 0.25) is 5.91 Å². The van der Waals surface area contributed by atoms with Crippen LogP contribution in [0, 0.1) is 0 Å². The Bertz CT molecular complexity index is 290. The summed E-state index contributed by atoms with van der Waals surface area (Å²) in [6, 6.07) is 0. The Morgan fingerprint density at radius 1 is 0.727 bits per heavy atom. The van der Waals surface area contributed by atoms with Gasteiger partial charge in [-0.05, 0) is 38.5 Å². The van der Waals surface area contributed by atoms with E-state index in [9.17, 15) is 9.59 Å². The predicted molar refractivity (Wildman–Crippen MR) is 89.8 cm³/mol. The lowest BCUT2D eigenvalue weighted by molar-refractivity contribution is -0.129. The number of allylic oxidation sites excluding steroid dienone is 2. The highest BCUT2D eigenvalue weighted by Gasteiger charge is 1.97. The van der Waals surface area contributed by atoms with Crippen LogP contribution in [-0.2, 0) is 9.59 Å². The zero-order valence-electron chi connectivity index (χ0n) is 13.9. The summed E-state index contributed by atoms with van der Waals surface area (Å²) in [6.07, 6.45) is 20.5. The van der Waals surface area contributed by atoms with Gasteiger partial charge in [0.15, 0.2) is 0 Å². The van der Waals surface area contributed by atoms with Gasteiger partial charge < -0.3 is 4.79 Å². The molecule has 0 aromatic heterocycles. The third-order valence-corrected chi connectivity index (χ3v) is 3.76. The minimum Gasteiger partial charge on any atom is -0.303 e. The lowest BCUT2D eigenvalue weighted by Gasteiger charge is -2.00. The van der Waals surface area contributed by atoms with Crippen molar-refractivity contribution in [3.8, 4) is 0 Å².